The highest BCUT2D eigenvalue weighted by Crippen LogP contribution is 2.31. The van der Waals surface area contributed by atoms with Crippen LogP contribution in [-0.2, 0) is 19.3 Å². The van der Waals surface area contributed by atoms with Crippen molar-refractivity contribution >= 4 is 33.0 Å². The standard InChI is InChI=1S/C32H32N2O8S/c1-37-23-13-15-29(39-3)27(19-23)31(41-5)33-21-9-7-11-25(17-21)43(35,36)26-12-8-10-22(18-26)34-32(42-6)28-20-24(38-2)14-16-30(28)40-4/h7-20H,1-6H3. The quantitative estimate of drug-likeness (QED) is 0.160. The van der Waals surface area contributed by atoms with Crippen molar-refractivity contribution in [3.05, 3.63) is 96.1 Å². The molecule has 0 atom stereocenters. The van der Waals surface area contributed by atoms with E-state index in [0.29, 0.717) is 45.5 Å². The first kappa shape index (κ1) is 30.9. The topological polar surface area (TPSA) is 114 Å². The van der Waals surface area contributed by atoms with Gasteiger partial charge >= 0.3 is 0 Å². The summed E-state index contributed by atoms with van der Waals surface area (Å²) in [7, 11) is 5.16. The normalized spacial score (nSPS) is 12.0. The molecule has 4 aromatic carbocycles. The number of sulfone groups is 1. The van der Waals surface area contributed by atoms with Gasteiger partial charge in [0.05, 0.1) is 75.0 Å². The number of ether oxygens (including phenoxy) is 6. The lowest BCUT2D eigenvalue weighted by Gasteiger charge is -2.12. The zero-order chi connectivity index (χ0) is 31.0. The Morgan fingerprint density at radius 1 is 0.535 bits per heavy atom. The molecule has 0 aliphatic rings. The van der Waals surface area contributed by atoms with E-state index in [9.17, 15) is 8.42 Å². The molecule has 0 unspecified atom stereocenters. The molecule has 43 heavy (non-hydrogen) atoms. The van der Waals surface area contributed by atoms with E-state index >= 15 is 0 Å². The van der Waals surface area contributed by atoms with E-state index in [-0.39, 0.29) is 21.6 Å². The van der Waals surface area contributed by atoms with Gasteiger partial charge in [0.2, 0.25) is 21.6 Å². The van der Waals surface area contributed by atoms with E-state index in [1.807, 2.05) is 0 Å². The highest BCUT2D eigenvalue weighted by molar-refractivity contribution is 7.91. The minimum atomic E-state index is -3.95. The van der Waals surface area contributed by atoms with Gasteiger partial charge in [-0.25, -0.2) is 18.4 Å². The molecule has 0 amide bonds. The number of nitrogens with zero attached hydrogens (tertiary/aromatic N) is 2. The van der Waals surface area contributed by atoms with Gasteiger partial charge in [-0.05, 0) is 72.8 Å². The fourth-order valence-electron chi connectivity index (χ4n) is 4.21. The molecule has 0 saturated carbocycles. The molecule has 4 aromatic rings. The summed E-state index contributed by atoms with van der Waals surface area (Å²) in [6.45, 7) is 0. The SMILES string of the molecule is COC(=Nc1cccc(S(=O)(=O)c2cccc(N=C(OC)c3cc(OC)ccc3OC)c2)c1)c1cc(OC)ccc1OC. The zero-order valence-corrected chi connectivity index (χ0v) is 25.5. The predicted molar refractivity (Wildman–Crippen MR) is 164 cm³/mol. The molecule has 0 heterocycles. The summed E-state index contributed by atoms with van der Waals surface area (Å²) in [5.74, 6) is 2.65. The lowest BCUT2D eigenvalue weighted by atomic mass is 10.2. The van der Waals surface area contributed by atoms with Crippen LogP contribution in [0.2, 0.25) is 0 Å². The van der Waals surface area contributed by atoms with Gasteiger partial charge in [0.25, 0.3) is 0 Å². The summed E-state index contributed by atoms with van der Waals surface area (Å²) >= 11 is 0. The van der Waals surface area contributed by atoms with Crippen LogP contribution in [0.3, 0.4) is 0 Å². The third-order valence-electron chi connectivity index (χ3n) is 6.38. The zero-order valence-electron chi connectivity index (χ0n) is 24.7. The molecule has 11 heteroatoms. The number of aliphatic imine (C=N–C) groups is 2. The molecule has 0 aromatic heterocycles. The van der Waals surface area contributed by atoms with E-state index < -0.39 is 9.84 Å². The molecule has 10 nitrogen and oxygen atoms in total. The number of benzene rings is 4. The second-order valence-electron chi connectivity index (χ2n) is 8.87. The smallest absolute Gasteiger partial charge is 0.224 e. The highest BCUT2D eigenvalue weighted by atomic mass is 32.2. The molecule has 0 aliphatic heterocycles. The Kier molecular flexibility index (Phi) is 9.89. The van der Waals surface area contributed by atoms with Crippen LogP contribution < -0.4 is 18.9 Å². The fraction of sp³-hybridized carbons (Fsp3) is 0.188. The first-order chi connectivity index (χ1) is 20.8. The second-order valence-corrected chi connectivity index (χ2v) is 10.8. The average molecular weight is 605 g/mol. The minimum absolute atomic E-state index is 0.0457. The summed E-state index contributed by atoms with van der Waals surface area (Å²) in [6, 6.07) is 23.0. The summed E-state index contributed by atoms with van der Waals surface area (Å²) in [6.07, 6.45) is 0. The maximum atomic E-state index is 13.7. The van der Waals surface area contributed by atoms with Crippen molar-refractivity contribution in [3.8, 4) is 23.0 Å². The van der Waals surface area contributed by atoms with Crippen molar-refractivity contribution < 1.29 is 36.8 Å². The summed E-state index contributed by atoms with van der Waals surface area (Å²) in [5, 5.41) is 0. The van der Waals surface area contributed by atoms with E-state index in [0.717, 1.165) is 0 Å². The van der Waals surface area contributed by atoms with Gasteiger partial charge in [0.15, 0.2) is 0 Å². The van der Waals surface area contributed by atoms with Crippen molar-refractivity contribution in [3.63, 3.8) is 0 Å². The maximum absolute atomic E-state index is 13.7. The van der Waals surface area contributed by atoms with Crippen LogP contribution in [0.4, 0.5) is 11.4 Å². The molecule has 4 rings (SSSR count). The van der Waals surface area contributed by atoms with Gasteiger partial charge in [0.1, 0.15) is 23.0 Å². The molecule has 224 valence electrons. The number of hydrogen-bond donors (Lipinski definition) is 0. The molecular formula is C32H32N2O8S. The Morgan fingerprint density at radius 2 is 0.953 bits per heavy atom. The highest BCUT2D eigenvalue weighted by Gasteiger charge is 2.20. The number of hydrogen-bond acceptors (Lipinski definition) is 10. The van der Waals surface area contributed by atoms with Crippen LogP contribution in [0.1, 0.15) is 11.1 Å². The summed E-state index contributed by atoms with van der Waals surface area (Å²) < 4.78 is 60.1. The lowest BCUT2D eigenvalue weighted by molar-refractivity contribution is 0.385. The third-order valence-corrected chi connectivity index (χ3v) is 8.13. The average Bonchev–Trinajstić information content (AvgIpc) is 3.05. The van der Waals surface area contributed by atoms with Gasteiger partial charge in [-0.1, -0.05) is 12.1 Å². The van der Waals surface area contributed by atoms with Gasteiger partial charge in [-0.2, -0.15) is 0 Å². The largest absolute Gasteiger partial charge is 0.497 e. The van der Waals surface area contributed by atoms with E-state index in [1.165, 1.54) is 52.7 Å². The van der Waals surface area contributed by atoms with E-state index in [4.69, 9.17) is 28.4 Å². The third kappa shape index (κ3) is 6.90. The van der Waals surface area contributed by atoms with Gasteiger partial charge in [0, 0.05) is 0 Å². The second kappa shape index (κ2) is 13.8. The maximum Gasteiger partial charge on any atom is 0.224 e. The first-order valence-electron chi connectivity index (χ1n) is 12.9. The molecule has 0 bridgehead atoms. The number of methoxy groups -OCH3 is 6. The van der Waals surface area contributed by atoms with Gasteiger partial charge in [-0.3, -0.25) is 0 Å². The van der Waals surface area contributed by atoms with Crippen molar-refractivity contribution in [2.75, 3.05) is 42.7 Å². The minimum Gasteiger partial charge on any atom is -0.497 e. The Morgan fingerprint density at radius 3 is 1.30 bits per heavy atom. The summed E-state index contributed by atoms with van der Waals surface area (Å²) in [5.41, 5.74) is 1.82. The van der Waals surface area contributed by atoms with Crippen molar-refractivity contribution in [1.29, 1.82) is 0 Å². The Balaban J connectivity index is 1.72. The van der Waals surface area contributed by atoms with Crippen molar-refractivity contribution in [2.24, 2.45) is 9.98 Å². The van der Waals surface area contributed by atoms with Crippen molar-refractivity contribution in [2.45, 2.75) is 9.79 Å². The monoisotopic (exact) mass is 604 g/mol. The van der Waals surface area contributed by atoms with Crippen LogP contribution in [0.25, 0.3) is 0 Å². The van der Waals surface area contributed by atoms with Gasteiger partial charge in [-0.15, -0.1) is 0 Å². The predicted octanol–water partition coefficient (Wildman–Crippen LogP) is 6.00. The molecule has 0 radical (unpaired) electrons. The van der Waals surface area contributed by atoms with E-state index in [1.54, 1.807) is 74.9 Å². The molecule has 0 aliphatic carbocycles. The molecule has 0 N–H and O–H groups in total. The van der Waals surface area contributed by atoms with Crippen LogP contribution in [0.5, 0.6) is 23.0 Å². The van der Waals surface area contributed by atoms with Gasteiger partial charge < -0.3 is 28.4 Å². The molecule has 0 saturated heterocycles. The Bertz CT molecular complexity index is 1640. The lowest BCUT2D eigenvalue weighted by Crippen LogP contribution is -2.07. The first-order valence-corrected chi connectivity index (χ1v) is 14.4. The molecule has 0 fully saturated rings. The van der Waals surface area contributed by atoms with Crippen LogP contribution in [0.15, 0.2) is 105 Å². The van der Waals surface area contributed by atoms with E-state index in [2.05, 4.69) is 9.98 Å². The van der Waals surface area contributed by atoms with Crippen LogP contribution in [-0.4, -0.2) is 62.9 Å². The molecule has 0 spiro atoms. The summed E-state index contributed by atoms with van der Waals surface area (Å²) in [4.78, 5) is 9.22. The Hall–Kier alpha value is -5.03. The molecular weight excluding hydrogens is 572 g/mol. The van der Waals surface area contributed by atoms with Crippen molar-refractivity contribution in [1.82, 2.24) is 0 Å². The fourth-order valence-corrected chi connectivity index (χ4v) is 5.54. The van der Waals surface area contributed by atoms with Crippen LogP contribution in [0, 0.1) is 0 Å². The number of rotatable bonds is 10. The van der Waals surface area contributed by atoms with Crippen LogP contribution >= 0.6 is 0 Å². The Labute approximate surface area is 251 Å².